The average Bonchev–Trinajstić information content (AvgIpc) is 3.22. The Bertz CT molecular complexity index is 833. The maximum absolute atomic E-state index is 9.12. The molecule has 0 atom stereocenters. The topological polar surface area (TPSA) is 46.2 Å². The molecule has 0 bridgehead atoms. The fourth-order valence-corrected chi connectivity index (χ4v) is 3.55. The molecule has 2 aromatic heterocycles. The molecule has 1 aliphatic heterocycles. The van der Waals surface area contributed by atoms with Gasteiger partial charge in [0.15, 0.2) is 0 Å². The Kier molecular flexibility index (Phi) is 3.67. The number of aryl methyl sites for hydroxylation is 1. The van der Waals surface area contributed by atoms with Crippen molar-refractivity contribution in [3.8, 4) is 0 Å². The number of hydrogen-bond donors (Lipinski definition) is 1. The minimum atomic E-state index is 0.138. The van der Waals surface area contributed by atoms with Gasteiger partial charge in [0.2, 0.25) is 0 Å². The van der Waals surface area contributed by atoms with Gasteiger partial charge in [-0.2, -0.15) is 5.10 Å². The summed E-state index contributed by atoms with van der Waals surface area (Å²) >= 11 is 0. The molecule has 0 unspecified atom stereocenters. The van der Waals surface area contributed by atoms with Crippen LogP contribution in [0.4, 0.5) is 0 Å². The van der Waals surface area contributed by atoms with E-state index in [9.17, 15) is 0 Å². The molecule has 0 amide bonds. The second-order valence-corrected chi connectivity index (χ2v) is 6.20. The average molecular weight is 310 g/mol. The van der Waals surface area contributed by atoms with Crippen LogP contribution >= 0.6 is 0 Å². The summed E-state index contributed by atoms with van der Waals surface area (Å²) in [5.41, 5.74) is 5.19. The van der Waals surface area contributed by atoms with Crippen molar-refractivity contribution >= 4 is 10.9 Å². The Morgan fingerprint density at radius 1 is 1.22 bits per heavy atom. The minimum Gasteiger partial charge on any atom is -0.394 e. The highest BCUT2D eigenvalue weighted by molar-refractivity contribution is 5.80. The highest BCUT2D eigenvalue weighted by Gasteiger charge is 2.23. The first-order valence-corrected chi connectivity index (χ1v) is 8.23. The Balaban J connectivity index is 1.51. The number of aliphatic hydroxyl groups is 1. The monoisotopic (exact) mass is 310 g/mol. The van der Waals surface area contributed by atoms with Gasteiger partial charge in [-0.3, -0.25) is 9.58 Å². The number of fused-ring (bicyclic) bond motifs is 2. The van der Waals surface area contributed by atoms with Crippen LogP contribution in [0.5, 0.6) is 0 Å². The molecule has 0 spiro atoms. The van der Waals surface area contributed by atoms with Crippen molar-refractivity contribution in [1.82, 2.24) is 19.2 Å². The molecule has 120 valence electrons. The number of hydrogen-bond acceptors (Lipinski definition) is 3. The van der Waals surface area contributed by atoms with Crippen LogP contribution in [0.1, 0.15) is 23.7 Å². The highest BCUT2D eigenvalue weighted by atomic mass is 16.3. The molecule has 5 nitrogen and oxygen atoms in total. The summed E-state index contributed by atoms with van der Waals surface area (Å²) in [6.07, 6.45) is 4.10. The maximum Gasteiger partial charge on any atom is 0.0644 e. The van der Waals surface area contributed by atoms with Crippen LogP contribution < -0.4 is 0 Å². The lowest BCUT2D eigenvalue weighted by molar-refractivity contribution is 0.250. The third-order valence-electron chi connectivity index (χ3n) is 4.70. The fourth-order valence-electron chi connectivity index (χ4n) is 3.55. The lowest BCUT2D eigenvalue weighted by Gasteiger charge is -2.16. The first kappa shape index (κ1) is 14.5. The molecule has 1 aromatic carbocycles. The summed E-state index contributed by atoms with van der Waals surface area (Å²) in [6, 6.07) is 8.95. The number of aliphatic hydroxyl groups excluding tert-OH is 1. The van der Waals surface area contributed by atoms with Gasteiger partial charge < -0.3 is 9.67 Å². The molecule has 0 aliphatic carbocycles. The lowest BCUT2D eigenvalue weighted by Crippen LogP contribution is -2.18. The van der Waals surface area contributed by atoms with Gasteiger partial charge in [-0.1, -0.05) is 6.07 Å². The Labute approximate surface area is 135 Å². The van der Waals surface area contributed by atoms with Gasteiger partial charge in [-0.05, 0) is 36.1 Å². The normalized spacial score (nSPS) is 14.7. The van der Waals surface area contributed by atoms with Gasteiger partial charge in [0.1, 0.15) is 0 Å². The summed E-state index contributed by atoms with van der Waals surface area (Å²) in [5, 5.41) is 14.8. The van der Waals surface area contributed by atoms with Gasteiger partial charge in [0.05, 0.1) is 25.0 Å². The van der Waals surface area contributed by atoms with Gasteiger partial charge in [0.25, 0.3) is 0 Å². The molecule has 3 heterocycles. The van der Waals surface area contributed by atoms with Crippen molar-refractivity contribution in [2.45, 2.75) is 39.6 Å². The molecule has 4 rings (SSSR count). The van der Waals surface area contributed by atoms with Crippen LogP contribution in [-0.4, -0.2) is 31.0 Å². The van der Waals surface area contributed by atoms with Crippen molar-refractivity contribution in [3.05, 3.63) is 53.5 Å². The van der Waals surface area contributed by atoms with Crippen LogP contribution in [0.25, 0.3) is 10.9 Å². The van der Waals surface area contributed by atoms with Crippen LogP contribution in [0.15, 0.2) is 36.7 Å². The van der Waals surface area contributed by atoms with E-state index in [1.165, 1.54) is 27.7 Å². The third kappa shape index (κ3) is 2.56. The molecule has 0 saturated carbocycles. The molecule has 3 aromatic rings. The van der Waals surface area contributed by atoms with Gasteiger partial charge in [0, 0.05) is 43.5 Å². The molecule has 0 radical (unpaired) electrons. The van der Waals surface area contributed by atoms with Crippen molar-refractivity contribution in [2.24, 2.45) is 0 Å². The van der Waals surface area contributed by atoms with Gasteiger partial charge in [-0.25, -0.2) is 0 Å². The molecule has 0 fully saturated rings. The summed E-state index contributed by atoms with van der Waals surface area (Å²) in [6.45, 7) is 6.69. The van der Waals surface area contributed by atoms with E-state index in [0.717, 1.165) is 26.2 Å². The second-order valence-electron chi connectivity index (χ2n) is 6.20. The van der Waals surface area contributed by atoms with E-state index in [-0.39, 0.29) is 6.61 Å². The van der Waals surface area contributed by atoms with Gasteiger partial charge >= 0.3 is 0 Å². The first-order valence-electron chi connectivity index (χ1n) is 8.23. The Hall–Kier alpha value is -2.11. The zero-order valence-electron chi connectivity index (χ0n) is 13.4. The van der Waals surface area contributed by atoms with Crippen LogP contribution in [-0.2, 0) is 32.7 Å². The predicted molar refractivity (Wildman–Crippen MR) is 89.9 cm³/mol. The van der Waals surface area contributed by atoms with E-state index in [0.29, 0.717) is 6.54 Å². The van der Waals surface area contributed by atoms with Crippen molar-refractivity contribution in [2.75, 3.05) is 6.61 Å². The lowest BCUT2D eigenvalue weighted by atomic mass is 10.1. The van der Waals surface area contributed by atoms with Gasteiger partial charge in [-0.15, -0.1) is 0 Å². The summed E-state index contributed by atoms with van der Waals surface area (Å²) in [4.78, 5) is 2.43. The van der Waals surface area contributed by atoms with E-state index in [4.69, 9.17) is 5.11 Å². The number of rotatable bonds is 5. The smallest absolute Gasteiger partial charge is 0.0644 e. The zero-order chi connectivity index (χ0) is 15.8. The van der Waals surface area contributed by atoms with Crippen molar-refractivity contribution in [1.29, 1.82) is 0 Å². The largest absolute Gasteiger partial charge is 0.394 e. The molecular formula is C18H22N4O. The van der Waals surface area contributed by atoms with E-state index >= 15 is 0 Å². The molecule has 1 N–H and O–H groups in total. The summed E-state index contributed by atoms with van der Waals surface area (Å²) in [5.74, 6) is 0. The first-order chi connectivity index (χ1) is 11.3. The number of nitrogens with zero attached hydrogens (tertiary/aromatic N) is 4. The van der Waals surface area contributed by atoms with E-state index in [2.05, 4.69) is 52.0 Å². The molecule has 5 heteroatoms. The van der Waals surface area contributed by atoms with Crippen molar-refractivity contribution < 1.29 is 5.11 Å². The SMILES string of the molecule is CCn1ccc2cc(CN3Cc4cnn(CCO)c4C3)ccc21. The zero-order valence-corrected chi connectivity index (χ0v) is 13.4. The van der Waals surface area contributed by atoms with Crippen LogP contribution in [0.2, 0.25) is 0 Å². The van der Waals surface area contributed by atoms with E-state index < -0.39 is 0 Å². The highest BCUT2D eigenvalue weighted by Crippen LogP contribution is 2.25. The van der Waals surface area contributed by atoms with Crippen LogP contribution in [0.3, 0.4) is 0 Å². The van der Waals surface area contributed by atoms with Crippen molar-refractivity contribution in [3.63, 3.8) is 0 Å². The predicted octanol–water partition coefficient (Wildman–Crippen LogP) is 2.37. The van der Waals surface area contributed by atoms with E-state index in [1.807, 2.05) is 10.9 Å². The maximum atomic E-state index is 9.12. The fraction of sp³-hybridized carbons (Fsp3) is 0.389. The number of benzene rings is 1. The molecule has 1 aliphatic rings. The Morgan fingerprint density at radius 3 is 2.96 bits per heavy atom. The molecular weight excluding hydrogens is 288 g/mol. The quantitative estimate of drug-likeness (QED) is 0.787. The molecule has 0 saturated heterocycles. The van der Waals surface area contributed by atoms with Crippen LogP contribution in [0, 0.1) is 0 Å². The summed E-state index contributed by atoms with van der Waals surface area (Å²) in [7, 11) is 0. The minimum absolute atomic E-state index is 0.138. The second kappa shape index (κ2) is 5.83. The summed E-state index contributed by atoms with van der Waals surface area (Å²) < 4.78 is 4.20. The standard InChI is InChI=1S/C18H22N4O/c1-2-21-6-5-15-9-14(3-4-17(15)21)11-20-12-16-10-19-22(7-8-23)18(16)13-20/h3-6,9-10,23H,2,7-8,11-13H2,1H3. The third-order valence-corrected chi connectivity index (χ3v) is 4.70. The molecule has 23 heavy (non-hydrogen) atoms. The number of aromatic nitrogens is 3. The van der Waals surface area contributed by atoms with E-state index in [1.54, 1.807) is 0 Å². The Morgan fingerprint density at radius 2 is 2.13 bits per heavy atom.